The van der Waals surface area contributed by atoms with Gasteiger partial charge in [0.2, 0.25) is 10.0 Å². The highest BCUT2D eigenvalue weighted by molar-refractivity contribution is 7.89. The number of nitrogens with zero attached hydrogens (tertiary/aromatic N) is 1. The molecular formula is C24H24FNO6S. The first-order valence-corrected chi connectivity index (χ1v) is 12.2. The zero-order valence-corrected chi connectivity index (χ0v) is 19.2. The van der Waals surface area contributed by atoms with Crippen molar-refractivity contribution in [3.8, 4) is 5.75 Å². The summed E-state index contributed by atoms with van der Waals surface area (Å²) < 4.78 is 46.8. The lowest BCUT2D eigenvalue weighted by molar-refractivity contribution is -0.140. The van der Waals surface area contributed by atoms with E-state index in [1.54, 1.807) is 6.92 Å². The molecule has 33 heavy (non-hydrogen) atoms. The molecule has 0 N–H and O–H groups in total. The molecule has 2 aliphatic rings. The van der Waals surface area contributed by atoms with E-state index in [1.165, 1.54) is 47.6 Å². The van der Waals surface area contributed by atoms with Crippen LogP contribution in [0.4, 0.5) is 4.39 Å². The number of hydrogen-bond acceptors (Lipinski definition) is 6. The summed E-state index contributed by atoms with van der Waals surface area (Å²) >= 11 is 0. The van der Waals surface area contributed by atoms with Crippen LogP contribution in [0.3, 0.4) is 0 Å². The first-order valence-electron chi connectivity index (χ1n) is 10.8. The summed E-state index contributed by atoms with van der Waals surface area (Å²) in [6, 6.07) is 8.25. The number of sulfonamides is 1. The molecule has 1 aliphatic heterocycles. The number of rotatable bonds is 5. The number of piperidine rings is 1. The standard InChI is InChI=1S/C24H24FNO6S/c1-14-13-20(28)23-21(8-7-19(25)22(14)23)32-24(29)17-9-11-26(12-10-17)33(30,31)18-5-3-16(4-6-18)15(2)27/h3-8,14,17H,9-13H2,1-2H3. The van der Waals surface area contributed by atoms with Gasteiger partial charge in [0.05, 0.1) is 16.4 Å². The molecule has 9 heteroatoms. The monoisotopic (exact) mass is 473 g/mol. The summed E-state index contributed by atoms with van der Waals surface area (Å²) in [5, 5.41) is 0. The Labute approximate surface area is 191 Å². The SMILES string of the molecule is CC(=O)c1ccc(S(=O)(=O)N2CCC(C(=O)Oc3ccc(F)c4c3C(=O)CC4C)CC2)cc1. The molecule has 0 saturated carbocycles. The van der Waals surface area contributed by atoms with Crippen LogP contribution in [-0.2, 0) is 14.8 Å². The van der Waals surface area contributed by atoms with Gasteiger partial charge in [-0.15, -0.1) is 0 Å². The van der Waals surface area contributed by atoms with Gasteiger partial charge in [-0.05, 0) is 49.9 Å². The van der Waals surface area contributed by atoms with Gasteiger partial charge in [0.25, 0.3) is 0 Å². The van der Waals surface area contributed by atoms with E-state index in [0.717, 1.165) is 0 Å². The highest BCUT2D eigenvalue weighted by Crippen LogP contribution is 2.40. The van der Waals surface area contributed by atoms with Crippen molar-refractivity contribution in [3.05, 3.63) is 58.9 Å². The van der Waals surface area contributed by atoms with E-state index < -0.39 is 27.7 Å². The van der Waals surface area contributed by atoms with E-state index in [0.29, 0.717) is 5.56 Å². The van der Waals surface area contributed by atoms with Crippen LogP contribution in [0, 0.1) is 11.7 Å². The van der Waals surface area contributed by atoms with Crippen LogP contribution in [0.5, 0.6) is 5.75 Å². The molecule has 1 atom stereocenters. The Hall–Kier alpha value is -2.91. The second-order valence-electron chi connectivity index (χ2n) is 8.54. The van der Waals surface area contributed by atoms with Gasteiger partial charge in [0, 0.05) is 30.6 Å². The van der Waals surface area contributed by atoms with E-state index in [1.807, 2.05) is 0 Å². The summed E-state index contributed by atoms with van der Waals surface area (Å²) in [5.41, 5.74) is 0.836. The minimum Gasteiger partial charge on any atom is -0.426 e. The lowest BCUT2D eigenvalue weighted by atomic mass is 9.98. The Kier molecular flexibility index (Phi) is 6.20. The summed E-state index contributed by atoms with van der Waals surface area (Å²) in [7, 11) is -3.76. The number of halogens is 1. The average Bonchev–Trinajstić information content (AvgIpc) is 3.10. The number of esters is 1. The fraction of sp³-hybridized carbons (Fsp3) is 0.375. The van der Waals surface area contributed by atoms with Crippen molar-refractivity contribution in [1.29, 1.82) is 0 Å². The molecule has 1 heterocycles. The summed E-state index contributed by atoms with van der Waals surface area (Å²) in [6.45, 7) is 3.42. The maximum Gasteiger partial charge on any atom is 0.314 e. The van der Waals surface area contributed by atoms with Crippen LogP contribution < -0.4 is 4.74 Å². The second kappa shape index (κ2) is 8.79. The number of hydrogen-bond donors (Lipinski definition) is 0. The van der Waals surface area contributed by atoms with Crippen LogP contribution >= 0.6 is 0 Å². The maximum absolute atomic E-state index is 14.2. The molecule has 0 spiro atoms. The Bertz CT molecular complexity index is 1230. The fourth-order valence-corrected chi connectivity index (χ4v) is 5.91. The zero-order chi connectivity index (χ0) is 23.9. The molecule has 2 aromatic carbocycles. The van der Waals surface area contributed by atoms with Gasteiger partial charge in [0.15, 0.2) is 11.6 Å². The van der Waals surface area contributed by atoms with E-state index in [2.05, 4.69) is 0 Å². The Morgan fingerprint density at radius 2 is 1.70 bits per heavy atom. The van der Waals surface area contributed by atoms with E-state index in [-0.39, 0.29) is 71.6 Å². The molecule has 4 rings (SSSR count). The van der Waals surface area contributed by atoms with Crippen LogP contribution in [0.25, 0.3) is 0 Å². The molecule has 1 aliphatic carbocycles. The van der Waals surface area contributed by atoms with Gasteiger partial charge < -0.3 is 4.74 Å². The Morgan fingerprint density at radius 1 is 1.06 bits per heavy atom. The van der Waals surface area contributed by atoms with Gasteiger partial charge in [-0.2, -0.15) is 4.31 Å². The summed E-state index contributed by atoms with van der Waals surface area (Å²) in [5.74, 6) is -2.20. The van der Waals surface area contributed by atoms with Crippen molar-refractivity contribution in [1.82, 2.24) is 4.31 Å². The topological polar surface area (TPSA) is 97.8 Å². The third-order valence-corrected chi connectivity index (χ3v) is 8.23. The molecular weight excluding hydrogens is 449 g/mol. The molecule has 0 radical (unpaired) electrons. The fourth-order valence-electron chi connectivity index (χ4n) is 4.45. The number of carbonyl (C=O) groups excluding carboxylic acids is 3. The average molecular weight is 474 g/mol. The highest BCUT2D eigenvalue weighted by atomic mass is 32.2. The van der Waals surface area contributed by atoms with Gasteiger partial charge in [-0.25, -0.2) is 12.8 Å². The highest BCUT2D eigenvalue weighted by Gasteiger charge is 2.36. The van der Waals surface area contributed by atoms with Gasteiger partial charge in [-0.1, -0.05) is 19.1 Å². The Balaban J connectivity index is 1.43. The molecule has 0 amide bonds. The molecule has 1 unspecified atom stereocenters. The largest absolute Gasteiger partial charge is 0.426 e. The first kappa shape index (κ1) is 23.3. The van der Waals surface area contributed by atoms with Crippen molar-refractivity contribution in [3.63, 3.8) is 0 Å². The molecule has 174 valence electrons. The molecule has 0 bridgehead atoms. The van der Waals surface area contributed by atoms with Crippen LogP contribution in [0.15, 0.2) is 41.3 Å². The smallest absolute Gasteiger partial charge is 0.314 e. The van der Waals surface area contributed by atoms with Crippen molar-refractivity contribution in [2.75, 3.05) is 13.1 Å². The van der Waals surface area contributed by atoms with E-state index >= 15 is 0 Å². The van der Waals surface area contributed by atoms with Crippen LogP contribution in [0.1, 0.15) is 65.3 Å². The van der Waals surface area contributed by atoms with Gasteiger partial charge >= 0.3 is 5.97 Å². The van der Waals surface area contributed by atoms with Crippen molar-refractivity contribution < 1.29 is 31.9 Å². The summed E-state index contributed by atoms with van der Waals surface area (Å²) in [6.07, 6.45) is 0.694. The number of ketones is 2. The number of benzene rings is 2. The van der Waals surface area contributed by atoms with E-state index in [4.69, 9.17) is 4.74 Å². The predicted molar refractivity (Wildman–Crippen MR) is 117 cm³/mol. The molecule has 0 aromatic heterocycles. The molecule has 1 fully saturated rings. The second-order valence-corrected chi connectivity index (χ2v) is 10.5. The molecule has 2 aromatic rings. The molecule has 7 nitrogen and oxygen atoms in total. The predicted octanol–water partition coefficient (Wildman–Crippen LogP) is 3.72. The quantitative estimate of drug-likeness (QED) is 0.373. The number of carbonyl (C=O) groups is 3. The minimum atomic E-state index is -3.76. The normalized spacial score (nSPS) is 19.4. The van der Waals surface area contributed by atoms with Crippen molar-refractivity contribution >= 4 is 27.6 Å². The lowest BCUT2D eigenvalue weighted by Crippen LogP contribution is -2.41. The maximum atomic E-state index is 14.2. The molecule has 1 saturated heterocycles. The summed E-state index contributed by atoms with van der Waals surface area (Å²) in [4.78, 5) is 36.5. The van der Waals surface area contributed by atoms with Crippen LogP contribution in [-0.4, -0.2) is 43.3 Å². The third kappa shape index (κ3) is 4.35. The Morgan fingerprint density at radius 3 is 2.30 bits per heavy atom. The van der Waals surface area contributed by atoms with E-state index in [9.17, 15) is 27.2 Å². The number of ether oxygens (including phenoxy) is 1. The van der Waals surface area contributed by atoms with Gasteiger partial charge in [0.1, 0.15) is 11.6 Å². The number of Topliss-reactive ketones (excluding diaryl/α,β-unsaturated/α-hetero) is 2. The first-order chi connectivity index (χ1) is 15.6. The minimum absolute atomic E-state index is 0.0614. The number of fused-ring (bicyclic) bond motifs is 1. The zero-order valence-electron chi connectivity index (χ0n) is 18.3. The van der Waals surface area contributed by atoms with Crippen LogP contribution in [0.2, 0.25) is 0 Å². The van der Waals surface area contributed by atoms with Gasteiger partial charge in [-0.3, -0.25) is 14.4 Å². The third-order valence-electron chi connectivity index (χ3n) is 6.31. The van der Waals surface area contributed by atoms with Crippen molar-refractivity contribution in [2.45, 2.75) is 43.9 Å². The lowest BCUT2D eigenvalue weighted by Gasteiger charge is -2.30. The van der Waals surface area contributed by atoms with Crippen molar-refractivity contribution in [2.24, 2.45) is 5.92 Å².